The highest BCUT2D eigenvalue weighted by atomic mass is 19.2. The Bertz CT molecular complexity index is 491. The molecular formula is C14H18F2N2O. The van der Waals surface area contributed by atoms with Crippen LogP contribution in [-0.2, 0) is 0 Å². The van der Waals surface area contributed by atoms with Crippen molar-refractivity contribution in [3.05, 3.63) is 29.3 Å². The molecule has 0 bridgehead atoms. The number of piperidine rings is 1. The number of carbonyl (C=O) groups excluding carboxylic acids is 1. The predicted octanol–water partition coefficient (Wildman–Crippen LogP) is 2.81. The second-order valence-electron chi connectivity index (χ2n) is 5.02. The molecule has 0 aliphatic carbocycles. The summed E-state index contributed by atoms with van der Waals surface area (Å²) in [5, 5.41) is 0. The highest BCUT2D eigenvalue weighted by molar-refractivity contribution is 5.99. The number of nitrogen functional groups attached to an aromatic ring is 1. The lowest BCUT2D eigenvalue weighted by Crippen LogP contribution is -2.40. The quantitative estimate of drug-likeness (QED) is 0.838. The highest BCUT2D eigenvalue weighted by Gasteiger charge is 2.25. The van der Waals surface area contributed by atoms with Gasteiger partial charge in [-0.2, -0.15) is 0 Å². The van der Waals surface area contributed by atoms with E-state index in [0.717, 1.165) is 31.4 Å². The second-order valence-corrected chi connectivity index (χ2v) is 5.02. The standard InChI is InChI=1S/C14H18F2N2O/c1-2-9-4-3-5-18(8-9)14(19)10-6-11(15)12(16)7-13(10)17/h6-7,9H,2-5,8,17H2,1H3. The number of carbonyl (C=O) groups is 1. The molecule has 1 fully saturated rings. The number of likely N-dealkylation sites (tertiary alicyclic amines) is 1. The van der Waals surface area contributed by atoms with E-state index in [2.05, 4.69) is 6.92 Å². The van der Waals surface area contributed by atoms with E-state index in [9.17, 15) is 13.6 Å². The molecule has 1 aromatic carbocycles. The van der Waals surface area contributed by atoms with E-state index in [1.54, 1.807) is 4.90 Å². The number of nitrogens with two attached hydrogens (primary N) is 1. The van der Waals surface area contributed by atoms with Gasteiger partial charge >= 0.3 is 0 Å². The summed E-state index contributed by atoms with van der Waals surface area (Å²) in [5.74, 6) is -1.90. The number of halogens is 2. The molecule has 1 saturated heterocycles. The van der Waals surface area contributed by atoms with E-state index >= 15 is 0 Å². The molecule has 2 N–H and O–H groups in total. The minimum Gasteiger partial charge on any atom is -0.398 e. The average Bonchev–Trinajstić information content (AvgIpc) is 2.42. The van der Waals surface area contributed by atoms with E-state index in [0.29, 0.717) is 19.0 Å². The zero-order chi connectivity index (χ0) is 14.0. The van der Waals surface area contributed by atoms with Crippen molar-refractivity contribution in [2.24, 2.45) is 5.92 Å². The van der Waals surface area contributed by atoms with Gasteiger partial charge in [0, 0.05) is 24.8 Å². The van der Waals surface area contributed by atoms with Crippen LogP contribution in [0, 0.1) is 17.6 Å². The van der Waals surface area contributed by atoms with Crippen LogP contribution in [0.15, 0.2) is 12.1 Å². The average molecular weight is 268 g/mol. The molecular weight excluding hydrogens is 250 g/mol. The van der Waals surface area contributed by atoms with Crippen molar-refractivity contribution in [1.82, 2.24) is 4.90 Å². The van der Waals surface area contributed by atoms with E-state index in [1.807, 2.05) is 0 Å². The minimum atomic E-state index is -1.04. The van der Waals surface area contributed by atoms with Crippen molar-refractivity contribution >= 4 is 11.6 Å². The van der Waals surface area contributed by atoms with Crippen molar-refractivity contribution in [2.45, 2.75) is 26.2 Å². The summed E-state index contributed by atoms with van der Waals surface area (Å²) in [6.07, 6.45) is 3.05. The van der Waals surface area contributed by atoms with Crippen LogP contribution >= 0.6 is 0 Å². The van der Waals surface area contributed by atoms with Crippen LogP contribution in [0.3, 0.4) is 0 Å². The third-order valence-corrected chi connectivity index (χ3v) is 3.71. The fourth-order valence-corrected chi connectivity index (χ4v) is 2.50. The number of hydrogen-bond donors (Lipinski definition) is 1. The molecule has 1 aliphatic rings. The molecule has 19 heavy (non-hydrogen) atoms. The molecule has 0 spiro atoms. The summed E-state index contributed by atoms with van der Waals surface area (Å²) in [4.78, 5) is 14.0. The minimum absolute atomic E-state index is 0.0116. The lowest BCUT2D eigenvalue weighted by molar-refractivity contribution is 0.0671. The molecule has 0 saturated carbocycles. The van der Waals surface area contributed by atoms with Gasteiger partial charge in [0.15, 0.2) is 11.6 Å². The van der Waals surface area contributed by atoms with Gasteiger partial charge in [-0.15, -0.1) is 0 Å². The Labute approximate surface area is 111 Å². The summed E-state index contributed by atoms with van der Waals surface area (Å²) in [6.45, 7) is 3.39. The van der Waals surface area contributed by atoms with Gasteiger partial charge in [0.25, 0.3) is 5.91 Å². The summed E-state index contributed by atoms with van der Waals surface area (Å²) < 4.78 is 26.2. The normalized spacial score (nSPS) is 19.5. The van der Waals surface area contributed by atoms with E-state index in [4.69, 9.17) is 5.73 Å². The number of anilines is 1. The Morgan fingerprint density at radius 2 is 2.11 bits per heavy atom. The molecule has 1 atom stereocenters. The molecule has 0 aromatic heterocycles. The number of benzene rings is 1. The molecule has 104 valence electrons. The molecule has 5 heteroatoms. The summed E-state index contributed by atoms with van der Waals surface area (Å²) in [7, 11) is 0. The van der Waals surface area contributed by atoms with Crippen molar-refractivity contribution in [3.63, 3.8) is 0 Å². The van der Waals surface area contributed by atoms with Gasteiger partial charge in [-0.1, -0.05) is 13.3 Å². The van der Waals surface area contributed by atoms with Crippen LogP contribution in [0.25, 0.3) is 0 Å². The first-order valence-corrected chi connectivity index (χ1v) is 6.56. The van der Waals surface area contributed by atoms with Crippen LogP contribution in [-0.4, -0.2) is 23.9 Å². The van der Waals surface area contributed by atoms with Gasteiger partial charge in [-0.05, 0) is 24.8 Å². The van der Waals surface area contributed by atoms with Crippen LogP contribution in [0.1, 0.15) is 36.5 Å². The van der Waals surface area contributed by atoms with E-state index in [1.165, 1.54) is 0 Å². The molecule has 2 rings (SSSR count). The Morgan fingerprint density at radius 3 is 2.79 bits per heavy atom. The third-order valence-electron chi connectivity index (χ3n) is 3.71. The first kappa shape index (κ1) is 13.8. The van der Waals surface area contributed by atoms with Crippen molar-refractivity contribution < 1.29 is 13.6 Å². The van der Waals surface area contributed by atoms with Crippen molar-refractivity contribution in [2.75, 3.05) is 18.8 Å². The number of hydrogen-bond acceptors (Lipinski definition) is 2. The molecule has 1 amide bonds. The summed E-state index contributed by atoms with van der Waals surface area (Å²) in [6, 6.07) is 1.76. The van der Waals surface area contributed by atoms with Gasteiger partial charge in [0.05, 0.1) is 5.56 Å². The van der Waals surface area contributed by atoms with Gasteiger partial charge < -0.3 is 10.6 Å². The van der Waals surface area contributed by atoms with Crippen molar-refractivity contribution in [1.29, 1.82) is 0 Å². The maximum absolute atomic E-state index is 13.2. The van der Waals surface area contributed by atoms with E-state index in [-0.39, 0.29) is 17.2 Å². The first-order chi connectivity index (χ1) is 9.02. The SMILES string of the molecule is CCC1CCCN(C(=O)c2cc(F)c(F)cc2N)C1. The largest absolute Gasteiger partial charge is 0.398 e. The topological polar surface area (TPSA) is 46.3 Å². The maximum atomic E-state index is 13.2. The fourth-order valence-electron chi connectivity index (χ4n) is 2.50. The lowest BCUT2D eigenvalue weighted by atomic mass is 9.95. The summed E-state index contributed by atoms with van der Waals surface area (Å²) >= 11 is 0. The molecule has 3 nitrogen and oxygen atoms in total. The third kappa shape index (κ3) is 2.85. The van der Waals surface area contributed by atoms with E-state index < -0.39 is 11.6 Å². The van der Waals surface area contributed by atoms with Gasteiger partial charge in [0.2, 0.25) is 0 Å². The smallest absolute Gasteiger partial charge is 0.256 e. The number of nitrogens with zero attached hydrogens (tertiary/aromatic N) is 1. The first-order valence-electron chi connectivity index (χ1n) is 6.56. The van der Waals surface area contributed by atoms with Gasteiger partial charge in [0.1, 0.15) is 0 Å². The van der Waals surface area contributed by atoms with Gasteiger partial charge in [-0.25, -0.2) is 8.78 Å². The number of amides is 1. The monoisotopic (exact) mass is 268 g/mol. The highest BCUT2D eigenvalue weighted by Crippen LogP contribution is 2.24. The maximum Gasteiger partial charge on any atom is 0.256 e. The van der Waals surface area contributed by atoms with Crippen LogP contribution in [0.2, 0.25) is 0 Å². The molecule has 1 aromatic rings. The fraction of sp³-hybridized carbons (Fsp3) is 0.500. The lowest BCUT2D eigenvalue weighted by Gasteiger charge is -2.32. The predicted molar refractivity (Wildman–Crippen MR) is 69.7 cm³/mol. The Hall–Kier alpha value is -1.65. The zero-order valence-corrected chi connectivity index (χ0v) is 11.0. The second kappa shape index (κ2) is 5.55. The van der Waals surface area contributed by atoms with Crippen LogP contribution < -0.4 is 5.73 Å². The Morgan fingerprint density at radius 1 is 1.42 bits per heavy atom. The van der Waals surface area contributed by atoms with Gasteiger partial charge in [-0.3, -0.25) is 4.79 Å². The molecule has 0 radical (unpaired) electrons. The number of rotatable bonds is 2. The van der Waals surface area contributed by atoms with Crippen molar-refractivity contribution in [3.8, 4) is 0 Å². The van der Waals surface area contributed by atoms with Crippen LogP contribution in [0.4, 0.5) is 14.5 Å². The molecule has 1 heterocycles. The molecule has 1 aliphatic heterocycles. The zero-order valence-electron chi connectivity index (χ0n) is 11.0. The van der Waals surface area contributed by atoms with Crippen LogP contribution in [0.5, 0.6) is 0 Å². The Balaban J connectivity index is 2.22. The Kier molecular flexibility index (Phi) is 4.02. The molecule has 1 unspecified atom stereocenters. The summed E-state index contributed by atoms with van der Waals surface area (Å²) in [5.41, 5.74) is 5.65.